The predicted octanol–water partition coefficient (Wildman–Crippen LogP) is 5.51. The first-order valence-corrected chi connectivity index (χ1v) is 14.9. The number of nitrogens with zero attached hydrogens (tertiary/aromatic N) is 2. The number of urea groups is 1. The van der Waals surface area contributed by atoms with E-state index in [2.05, 4.69) is 40.5 Å². The molecule has 3 N–H and O–H groups in total. The zero-order chi connectivity index (χ0) is 23.5. The van der Waals surface area contributed by atoms with E-state index in [4.69, 9.17) is 0 Å². The molecule has 2 aliphatic rings. The SMILES string of the molecule is Cc1cccc(NC(=O)N2Cc3c(NC(=O)C4([Si](C)(C)C)CCC4)n[nH]c3C2(C)C)c1C. The van der Waals surface area contributed by atoms with Gasteiger partial charge in [-0.25, -0.2) is 4.79 Å². The van der Waals surface area contributed by atoms with Gasteiger partial charge in [0.15, 0.2) is 5.82 Å². The molecule has 0 bridgehead atoms. The summed E-state index contributed by atoms with van der Waals surface area (Å²) in [6, 6.07) is 5.74. The Balaban J connectivity index is 1.55. The third kappa shape index (κ3) is 3.36. The van der Waals surface area contributed by atoms with E-state index in [9.17, 15) is 9.59 Å². The quantitative estimate of drug-likeness (QED) is 0.533. The maximum Gasteiger partial charge on any atom is 0.322 e. The summed E-state index contributed by atoms with van der Waals surface area (Å²) in [4.78, 5) is 28.4. The molecule has 0 atom stereocenters. The molecule has 3 amide bonds. The number of anilines is 2. The molecule has 2 aromatic rings. The van der Waals surface area contributed by atoms with E-state index >= 15 is 0 Å². The molecule has 1 aliphatic carbocycles. The van der Waals surface area contributed by atoms with Crippen molar-refractivity contribution in [3.63, 3.8) is 0 Å². The highest BCUT2D eigenvalue weighted by molar-refractivity contribution is 6.83. The van der Waals surface area contributed by atoms with Crippen LogP contribution in [0.15, 0.2) is 18.2 Å². The average molecular weight is 454 g/mol. The van der Waals surface area contributed by atoms with Crippen molar-refractivity contribution in [2.75, 3.05) is 10.6 Å². The number of rotatable bonds is 4. The molecule has 0 saturated heterocycles. The van der Waals surface area contributed by atoms with Gasteiger partial charge in [0.05, 0.1) is 25.9 Å². The molecule has 1 saturated carbocycles. The average Bonchev–Trinajstić information content (AvgIpc) is 3.15. The maximum atomic E-state index is 13.3. The summed E-state index contributed by atoms with van der Waals surface area (Å²) >= 11 is 0. The number of H-pyrrole nitrogens is 1. The number of amides is 3. The van der Waals surface area contributed by atoms with E-state index in [1.807, 2.05) is 45.9 Å². The van der Waals surface area contributed by atoms with Crippen molar-refractivity contribution in [2.24, 2.45) is 0 Å². The minimum absolute atomic E-state index is 0.0910. The van der Waals surface area contributed by atoms with Gasteiger partial charge in [-0.3, -0.25) is 9.89 Å². The Hall–Kier alpha value is -2.61. The highest BCUT2D eigenvalue weighted by Gasteiger charge is 2.54. The second-order valence-corrected chi connectivity index (χ2v) is 16.3. The molecule has 172 valence electrons. The number of aryl methyl sites for hydroxylation is 1. The van der Waals surface area contributed by atoms with Crippen LogP contribution in [0.3, 0.4) is 0 Å². The third-order valence-electron chi connectivity index (χ3n) is 7.87. The van der Waals surface area contributed by atoms with E-state index < -0.39 is 13.6 Å². The van der Waals surface area contributed by atoms with E-state index in [0.717, 1.165) is 47.3 Å². The molecule has 0 spiro atoms. The molecular weight excluding hydrogens is 418 g/mol. The van der Waals surface area contributed by atoms with Gasteiger partial charge in [-0.15, -0.1) is 0 Å². The highest BCUT2D eigenvalue weighted by atomic mass is 28.3. The van der Waals surface area contributed by atoms with Crippen LogP contribution in [0.1, 0.15) is 55.5 Å². The smallest absolute Gasteiger partial charge is 0.309 e. The Bertz CT molecular complexity index is 1080. The summed E-state index contributed by atoms with van der Waals surface area (Å²) in [6.45, 7) is 15.2. The van der Waals surface area contributed by atoms with Gasteiger partial charge in [-0.05, 0) is 57.7 Å². The van der Waals surface area contributed by atoms with Gasteiger partial charge in [0.2, 0.25) is 5.91 Å². The Morgan fingerprint density at radius 3 is 2.41 bits per heavy atom. The molecule has 7 nitrogen and oxygen atoms in total. The first-order valence-electron chi connectivity index (χ1n) is 11.4. The van der Waals surface area contributed by atoms with Crippen molar-refractivity contribution in [1.29, 1.82) is 0 Å². The van der Waals surface area contributed by atoms with Crippen molar-refractivity contribution in [3.05, 3.63) is 40.6 Å². The van der Waals surface area contributed by atoms with Gasteiger partial charge in [0.1, 0.15) is 0 Å². The minimum atomic E-state index is -1.68. The fourth-order valence-electron chi connectivity index (χ4n) is 5.09. The topological polar surface area (TPSA) is 90.1 Å². The van der Waals surface area contributed by atoms with E-state index in [-0.39, 0.29) is 17.0 Å². The number of benzene rings is 1. The molecule has 1 aromatic heterocycles. The lowest BCUT2D eigenvalue weighted by Crippen LogP contribution is -2.52. The van der Waals surface area contributed by atoms with Gasteiger partial charge in [0.25, 0.3) is 0 Å². The molecular formula is C24H35N5O2Si. The lowest BCUT2D eigenvalue weighted by molar-refractivity contribution is -0.121. The standard InChI is InChI=1S/C24H35N5O2Si/c1-15-10-8-11-18(16(15)2)25-22(31)29-14-17-19(23(29,3)4)27-28-20(17)26-21(30)24(12-9-13-24)32(5,6)7/h8,10-11H,9,12-14H2,1-7H3,(H,25,31)(H2,26,27,28,30). The van der Waals surface area contributed by atoms with Gasteiger partial charge < -0.3 is 15.5 Å². The third-order valence-corrected chi connectivity index (χ3v) is 11.5. The number of aromatic nitrogens is 2. The summed E-state index contributed by atoms with van der Waals surface area (Å²) in [5.41, 5.74) is 4.21. The summed E-state index contributed by atoms with van der Waals surface area (Å²) in [5.74, 6) is 0.651. The number of hydrogen-bond acceptors (Lipinski definition) is 3. The Morgan fingerprint density at radius 1 is 1.12 bits per heavy atom. The van der Waals surface area contributed by atoms with Crippen molar-refractivity contribution < 1.29 is 9.59 Å². The van der Waals surface area contributed by atoms with Crippen molar-refractivity contribution >= 4 is 31.5 Å². The zero-order valence-corrected chi connectivity index (χ0v) is 21.3. The number of carbonyl (C=O) groups excluding carboxylic acids is 2. The van der Waals surface area contributed by atoms with Crippen LogP contribution in [-0.4, -0.2) is 35.1 Å². The summed E-state index contributed by atoms with van der Waals surface area (Å²) < 4.78 is 0. The highest BCUT2D eigenvalue weighted by Crippen LogP contribution is 2.56. The fraction of sp³-hybridized carbons (Fsp3) is 0.542. The summed E-state index contributed by atoms with van der Waals surface area (Å²) in [6.07, 6.45) is 3.02. The minimum Gasteiger partial charge on any atom is -0.309 e. The van der Waals surface area contributed by atoms with E-state index in [0.29, 0.717) is 12.4 Å². The van der Waals surface area contributed by atoms with Crippen molar-refractivity contribution in [1.82, 2.24) is 15.1 Å². The molecule has 4 rings (SSSR count). The van der Waals surface area contributed by atoms with Crippen LogP contribution >= 0.6 is 0 Å². The molecule has 1 fully saturated rings. The Kier molecular flexibility index (Phi) is 5.27. The van der Waals surface area contributed by atoms with Gasteiger partial charge in [-0.2, -0.15) is 5.10 Å². The van der Waals surface area contributed by atoms with Crippen LogP contribution in [0, 0.1) is 13.8 Å². The van der Waals surface area contributed by atoms with Crippen molar-refractivity contribution in [2.45, 2.75) is 83.7 Å². The summed E-state index contributed by atoms with van der Waals surface area (Å²) in [7, 11) is -1.68. The van der Waals surface area contributed by atoms with E-state index in [1.165, 1.54) is 0 Å². The zero-order valence-electron chi connectivity index (χ0n) is 20.3. The monoisotopic (exact) mass is 453 g/mol. The van der Waals surface area contributed by atoms with Crippen LogP contribution in [0.4, 0.5) is 16.3 Å². The number of hydrogen-bond donors (Lipinski definition) is 3. The molecule has 8 heteroatoms. The van der Waals surface area contributed by atoms with Crippen LogP contribution in [0.5, 0.6) is 0 Å². The lowest BCUT2D eigenvalue weighted by atomic mass is 9.83. The second kappa shape index (κ2) is 7.47. The van der Waals surface area contributed by atoms with Crippen LogP contribution in [-0.2, 0) is 16.9 Å². The predicted molar refractivity (Wildman–Crippen MR) is 131 cm³/mol. The summed E-state index contributed by atoms with van der Waals surface area (Å²) in [5, 5.41) is 13.5. The number of fused-ring (bicyclic) bond motifs is 1. The van der Waals surface area contributed by atoms with Crippen LogP contribution < -0.4 is 10.6 Å². The van der Waals surface area contributed by atoms with E-state index in [1.54, 1.807) is 4.90 Å². The number of carbonyl (C=O) groups is 2. The first kappa shape index (κ1) is 22.6. The Labute approximate surface area is 191 Å². The second-order valence-electron chi connectivity index (χ2n) is 10.9. The lowest BCUT2D eigenvalue weighted by Gasteiger charge is -2.48. The first-order chi connectivity index (χ1) is 14.9. The number of nitrogens with one attached hydrogen (secondary N) is 3. The molecule has 1 aromatic carbocycles. The molecule has 0 unspecified atom stereocenters. The largest absolute Gasteiger partial charge is 0.322 e. The molecule has 0 radical (unpaired) electrons. The molecule has 1 aliphatic heterocycles. The normalized spacial score (nSPS) is 18.7. The van der Waals surface area contributed by atoms with Gasteiger partial charge in [0, 0.05) is 16.3 Å². The van der Waals surface area contributed by atoms with Crippen LogP contribution in [0.25, 0.3) is 0 Å². The Morgan fingerprint density at radius 2 is 1.81 bits per heavy atom. The van der Waals surface area contributed by atoms with Crippen LogP contribution in [0.2, 0.25) is 24.7 Å². The van der Waals surface area contributed by atoms with Gasteiger partial charge >= 0.3 is 6.03 Å². The maximum absolute atomic E-state index is 13.3. The van der Waals surface area contributed by atoms with Gasteiger partial charge in [-0.1, -0.05) is 38.2 Å². The van der Waals surface area contributed by atoms with Crippen molar-refractivity contribution in [3.8, 4) is 0 Å². The fourth-order valence-corrected chi connectivity index (χ4v) is 7.69. The molecule has 2 heterocycles. The number of aromatic amines is 1. The molecule has 32 heavy (non-hydrogen) atoms.